The van der Waals surface area contributed by atoms with Crippen molar-refractivity contribution in [3.63, 3.8) is 0 Å². The molecule has 0 aliphatic carbocycles. The molecule has 6 heteroatoms. The van der Waals surface area contributed by atoms with E-state index in [-0.39, 0.29) is 12.1 Å². The number of hydrogen-bond donors (Lipinski definition) is 1. The number of rotatable bonds is 7. The average Bonchev–Trinajstić information content (AvgIpc) is 2.61. The Hall–Kier alpha value is -2.63. The van der Waals surface area contributed by atoms with E-state index < -0.39 is 0 Å². The predicted octanol–water partition coefficient (Wildman–Crippen LogP) is 3.13. The van der Waals surface area contributed by atoms with E-state index in [1.165, 1.54) is 10.5 Å². The van der Waals surface area contributed by atoms with E-state index in [0.29, 0.717) is 12.6 Å². The van der Waals surface area contributed by atoms with Gasteiger partial charge in [0.2, 0.25) is 0 Å². The molecule has 25 heavy (non-hydrogen) atoms. The summed E-state index contributed by atoms with van der Waals surface area (Å²) < 4.78 is 5.40. The SMILES string of the molecule is CCCOc1ncc(-c2ccc(CC(C)NC(=O)N(C)C)cc2)cn1. The Balaban J connectivity index is 1.96. The molecule has 2 aromatic rings. The highest BCUT2D eigenvalue weighted by molar-refractivity contribution is 5.73. The first kappa shape index (κ1) is 18.7. The van der Waals surface area contributed by atoms with Gasteiger partial charge in [0.15, 0.2) is 0 Å². The fourth-order valence-electron chi connectivity index (χ4n) is 2.31. The molecule has 1 aromatic heterocycles. The second-order valence-corrected chi connectivity index (χ2v) is 6.25. The van der Waals surface area contributed by atoms with E-state index in [0.717, 1.165) is 24.0 Å². The molecule has 1 N–H and O–H groups in total. The van der Waals surface area contributed by atoms with Crippen molar-refractivity contribution in [2.45, 2.75) is 32.7 Å². The van der Waals surface area contributed by atoms with Crippen LogP contribution in [-0.4, -0.2) is 47.6 Å². The van der Waals surface area contributed by atoms with E-state index in [4.69, 9.17) is 4.74 Å². The number of nitrogens with zero attached hydrogens (tertiary/aromatic N) is 3. The van der Waals surface area contributed by atoms with Crippen LogP contribution in [0.5, 0.6) is 6.01 Å². The molecule has 1 atom stereocenters. The van der Waals surface area contributed by atoms with Gasteiger partial charge in [0, 0.05) is 38.1 Å². The second-order valence-electron chi connectivity index (χ2n) is 6.25. The number of nitrogens with one attached hydrogen (secondary N) is 1. The van der Waals surface area contributed by atoms with Crippen LogP contribution in [0, 0.1) is 0 Å². The number of carbonyl (C=O) groups is 1. The van der Waals surface area contributed by atoms with Crippen LogP contribution in [0.2, 0.25) is 0 Å². The summed E-state index contributed by atoms with van der Waals surface area (Å²) in [5, 5.41) is 2.95. The zero-order valence-electron chi connectivity index (χ0n) is 15.3. The number of urea groups is 1. The number of ether oxygens (including phenoxy) is 1. The second kappa shape index (κ2) is 9.01. The maximum absolute atomic E-state index is 11.7. The number of benzene rings is 1. The first-order chi connectivity index (χ1) is 12.0. The number of amides is 2. The first-order valence-corrected chi connectivity index (χ1v) is 8.51. The van der Waals surface area contributed by atoms with Crippen molar-refractivity contribution in [1.29, 1.82) is 0 Å². The van der Waals surface area contributed by atoms with Crippen molar-refractivity contribution >= 4 is 6.03 Å². The van der Waals surface area contributed by atoms with Gasteiger partial charge in [0.1, 0.15) is 0 Å². The van der Waals surface area contributed by atoms with Crippen LogP contribution in [0.15, 0.2) is 36.7 Å². The van der Waals surface area contributed by atoms with Gasteiger partial charge in [-0.05, 0) is 30.9 Å². The molecule has 0 aliphatic heterocycles. The molecule has 0 saturated carbocycles. The fourth-order valence-corrected chi connectivity index (χ4v) is 2.31. The first-order valence-electron chi connectivity index (χ1n) is 8.51. The Labute approximate surface area is 149 Å². The van der Waals surface area contributed by atoms with Crippen LogP contribution in [0.1, 0.15) is 25.8 Å². The Morgan fingerprint density at radius 3 is 2.36 bits per heavy atom. The molecule has 6 nitrogen and oxygen atoms in total. The van der Waals surface area contributed by atoms with Gasteiger partial charge in [-0.15, -0.1) is 0 Å². The van der Waals surface area contributed by atoms with Gasteiger partial charge >= 0.3 is 12.0 Å². The summed E-state index contributed by atoms with van der Waals surface area (Å²) in [5.41, 5.74) is 3.17. The Kier molecular flexibility index (Phi) is 6.74. The highest BCUT2D eigenvalue weighted by Crippen LogP contribution is 2.19. The summed E-state index contributed by atoms with van der Waals surface area (Å²) >= 11 is 0. The van der Waals surface area contributed by atoms with Crippen LogP contribution in [0.3, 0.4) is 0 Å². The minimum Gasteiger partial charge on any atom is -0.463 e. The summed E-state index contributed by atoms with van der Waals surface area (Å²) in [6, 6.07) is 8.62. The molecule has 0 radical (unpaired) electrons. The lowest BCUT2D eigenvalue weighted by Gasteiger charge is -2.18. The number of aromatic nitrogens is 2. The average molecular weight is 342 g/mol. The summed E-state index contributed by atoms with van der Waals surface area (Å²) in [4.78, 5) is 21.7. The molecule has 0 fully saturated rings. The lowest BCUT2D eigenvalue weighted by atomic mass is 10.0. The van der Waals surface area contributed by atoms with E-state index in [1.54, 1.807) is 26.5 Å². The molecule has 2 amide bonds. The third-order valence-electron chi connectivity index (χ3n) is 3.67. The lowest BCUT2D eigenvalue weighted by molar-refractivity contribution is 0.214. The van der Waals surface area contributed by atoms with Crippen LogP contribution in [0.4, 0.5) is 4.79 Å². The third-order valence-corrected chi connectivity index (χ3v) is 3.67. The summed E-state index contributed by atoms with van der Waals surface area (Å²) in [5.74, 6) is 0. The van der Waals surface area contributed by atoms with Crippen LogP contribution in [-0.2, 0) is 6.42 Å². The molecule has 0 bridgehead atoms. The highest BCUT2D eigenvalue weighted by Gasteiger charge is 2.09. The van der Waals surface area contributed by atoms with Crippen molar-refractivity contribution in [3.05, 3.63) is 42.2 Å². The van der Waals surface area contributed by atoms with Gasteiger partial charge in [-0.25, -0.2) is 14.8 Å². The Bertz CT molecular complexity index is 669. The minimum absolute atomic E-state index is 0.0686. The van der Waals surface area contributed by atoms with Crippen molar-refractivity contribution in [3.8, 4) is 17.1 Å². The molecule has 1 unspecified atom stereocenters. The van der Waals surface area contributed by atoms with Gasteiger partial charge in [-0.2, -0.15) is 0 Å². The van der Waals surface area contributed by atoms with E-state index >= 15 is 0 Å². The quantitative estimate of drug-likeness (QED) is 0.839. The molecule has 1 aromatic carbocycles. The fraction of sp³-hybridized carbons (Fsp3) is 0.421. The molecular weight excluding hydrogens is 316 g/mol. The highest BCUT2D eigenvalue weighted by atomic mass is 16.5. The smallest absolute Gasteiger partial charge is 0.317 e. The maximum Gasteiger partial charge on any atom is 0.317 e. The van der Waals surface area contributed by atoms with Crippen molar-refractivity contribution in [2.24, 2.45) is 0 Å². The summed E-state index contributed by atoms with van der Waals surface area (Å²) in [7, 11) is 3.47. The molecule has 2 rings (SSSR count). The van der Waals surface area contributed by atoms with Crippen molar-refractivity contribution < 1.29 is 9.53 Å². The van der Waals surface area contributed by atoms with Gasteiger partial charge in [-0.3, -0.25) is 0 Å². The largest absolute Gasteiger partial charge is 0.463 e. The zero-order valence-corrected chi connectivity index (χ0v) is 15.3. The molecular formula is C19H26N4O2. The Morgan fingerprint density at radius 2 is 1.80 bits per heavy atom. The summed E-state index contributed by atoms with van der Waals surface area (Å²) in [6.45, 7) is 4.66. The molecule has 0 aliphatic rings. The standard InChI is InChI=1S/C19H26N4O2/c1-5-10-25-18-20-12-17(13-21-18)16-8-6-15(7-9-16)11-14(2)22-19(24)23(3)4/h6-9,12-14H,5,10-11H2,1-4H3,(H,22,24). The Morgan fingerprint density at radius 1 is 1.16 bits per heavy atom. The molecule has 0 saturated heterocycles. The topological polar surface area (TPSA) is 67.3 Å². The molecule has 0 spiro atoms. The number of hydrogen-bond acceptors (Lipinski definition) is 4. The summed E-state index contributed by atoms with van der Waals surface area (Å²) in [6.07, 6.45) is 5.25. The monoisotopic (exact) mass is 342 g/mol. The van der Waals surface area contributed by atoms with Crippen molar-refractivity contribution in [2.75, 3.05) is 20.7 Å². The van der Waals surface area contributed by atoms with E-state index in [1.807, 2.05) is 26.0 Å². The molecule has 1 heterocycles. The van der Waals surface area contributed by atoms with E-state index in [2.05, 4.69) is 27.4 Å². The lowest BCUT2D eigenvalue weighted by Crippen LogP contribution is -2.40. The maximum atomic E-state index is 11.7. The van der Waals surface area contributed by atoms with Crippen LogP contribution in [0.25, 0.3) is 11.1 Å². The van der Waals surface area contributed by atoms with Crippen molar-refractivity contribution in [1.82, 2.24) is 20.2 Å². The predicted molar refractivity (Wildman–Crippen MR) is 98.6 cm³/mol. The van der Waals surface area contributed by atoms with Crippen LogP contribution < -0.4 is 10.1 Å². The minimum atomic E-state index is -0.0772. The zero-order chi connectivity index (χ0) is 18.2. The molecule has 134 valence electrons. The third kappa shape index (κ3) is 5.74. The van der Waals surface area contributed by atoms with Gasteiger partial charge in [0.05, 0.1) is 6.61 Å². The van der Waals surface area contributed by atoms with Gasteiger partial charge in [0.25, 0.3) is 0 Å². The van der Waals surface area contributed by atoms with Gasteiger partial charge < -0.3 is 15.0 Å². The number of carbonyl (C=O) groups excluding carboxylic acids is 1. The normalized spacial score (nSPS) is 11.7. The van der Waals surface area contributed by atoms with E-state index in [9.17, 15) is 4.79 Å². The van der Waals surface area contributed by atoms with Crippen LogP contribution >= 0.6 is 0 Å². The van der Waals surface area contributed by atoms with Gasteiger partial charge in [-0.1, -0.05) is 31.2 Å².